The molecule has 0 radical (unpaired) electrons. The van der Waals surface area contributed by atoms with Crippen LogP contribution in [0.3, 0.4) is 0 Å². The molecule has 1 aliphatic rings. The molecule has 2 unspecified atom stereocenters. The van der Waals surface area contributed by atoms with Gasteiger partial charge in [-0.15, -0.1) is 0 Å². The van der Waals surface area contributed by atoms with E-state index in [1.54, 1.807) is 4.31 Å². The Morgan fingerprint density at radius 3 is 2.78 bits per heavy atom. The number of nitriles is 1. The molecule has 1 heterocycles. The first kappa shape index (κ1) is 15.4. The lowest BCUT2D eigenvalue weighted by molar-refractivity contribution is 0.172. The van der Waals surface area contributed by atoms with Crippen molar-refractivity contribution in [1.29, 1.82) is 5.26 Å². The summed E-state index contributed by atoms with van der Waals surface area (Å²) in [4.78, 5) is 2.15. The molecule has 1 saturated heterocycles. The van der Waals surface area contributed by atoms with E-state index >= 15 is 0 Å². The lowest BCUT2D eigenvalue weighted by Gasteiger charge is -2.34. The molecule has 1 rings (SSSR count). The van der Waals surface area contributed by atoms with Gasteiger partial charge in [-0.05, 0) is 32.7 Å². The van der Waals surface area contributed by atoms with Gasteiger partial charge in [0.15, 0.2) is 0 Å². The first-order valence-corrected chi connectivity index (χ1v) is 8.21. The molecule has 0 N–H and O–H groups in total. The molecule has 0 aliphatic carbocycles. The second-order valence-electron chi connectivity index (χ2n) is 5.28. The van der Waals surface area contributed by atoms with Crippen LogP contribution in [0.1, 0.15) is 26.2 Å². The van der Waals surface area contributed by atoms with Crippen molar-refractivity contribution in [3.63, 3.8) is 0 Å². The van der Waals surface area contributed by atoms with Gasteiger partial charge in [0.05, 0.1) is 18.7 Å². The first-order valence-electron chi connectivity index (χ1n) is 6.37. The maximum absolute atomic E-state index is 11.5. The zero-order valence-corrected chi connectivity index (χ0v) is 12.3. The summed E-state index contributed by atoms with van der Waals surface area (Å²) in [5.74, 6) is 0.375. The van der Waals surface area contributed by atoms with Crippen molar-refractivity contribution in [2.75, 3.05) is 32.9 Å². The van der Waals surface area contributed by atoms with Crippen LogP contribution in [0.25, 0.3) is 0 Å². The van der Waals surface area contributed by atoms with Gasteiger partial charge in [-0.2, -0.15) is 5.26 Å². The molecule has 18 heavy (non-hydrogen) atoms. The van der Waals surface area contributed by atoms with E-state index in [1.165, 1.54) is 6.26 Å². The van der Waals surface area contributed by atoms with Gasteiger partial charge in [-0.1, -0.05) is 0 Å². The smallest absolute Gasteiger partial charge is 0.211 e. The Bertz CT molecular complexity index is 402. The van der Waals surface area contributed by atoms with Crippen LogP contribution < -0.4 is 0 Å². The van der Waals surface area contributed by atoms with Crippen LogP contribution in [0, 0.1) is 17.2 Å². The average molecular weight is 273 g/mol. The number of nitrogens with zero attached hydrogens (tertiary/aromatic N) is 3. The van der Waals surface area contributed by atoms with E-state index in [2.05, 4.69) is 11.0 Å². The van der Waals surface area contributed by atoms with Gasteiger partial charge in [-0.3, -0.25) is 0 Å². The molecule has 1 fully saturated rings. The van der Waals surface area contributed by atoms with Crippen molar-refractivity contribution in [1.82, 2.24) is 9.21 Å². The zero-order chi connectivity index (χ0) is 13.8. The highest BCUT2D eigenvalue weighted by Gasteiger charge is 2.27. The molecule has 5 nitrogen and oxygen atoms in total. The summed E-state index contributed by atoms with van der Waals surface area (Å²) in [6.45, 7) is 4.14. The minimum absolute atomic E-state index is 0.226. The quantitative estimate of drug-likeness (QED) is 0.746. The topological polar surface area (TPSA) is 64.4 Å². The van der Waals surface area contributed by atoms with Crippen molar-refractivity contribution < 1.29 is 8.42 Å². The summed E-state index contributed by atoms with van der Waals surface area (Å²) in [6.07, 6.45) is 3.78. The van der Waals surface area contributed by atoms with Gasteiger partial charge < -0.3 is 4.90 Å². The van der Waals surface area contributed by atoms with Gasteiger partial charge in [0.2, 0.25) is 10.0 Å². The van der Waals surface area contributed by atoms with Crippen LogP contribution in [0.5, 0.6) is 0 Å². The van der Waals surface area contributed by atoms with Crippen LogP contribution >= 0.6 is 0 Å². The van der Waals surface area contributed by atoms with Crippen molar-refractivity contribution >= 4 is 10.0 Å². The fraction of sp³-hybridized carbons (Fsp3) is 0.917. The molecule has 0 amide bonds. The van der Waals surface area contributed by atoms with Gasteiger partial charge in [-0.25, -0.2) is 12.7 Å². The molecule has 0 aromatic heterocycles. The van der Waals surface area contributed by atoms with Gasteiger partial charge in [0.1, 0.15) is 0 Å². The van der Waals surface area contributed by atoms with E-state index < -0.39 is 10.0 Å². The molecule has 2 atom stereocenters. The predicted octanol–water partition coefficient (Wildman–Crippen LogP) is 0.892. The standard InChI is InChI=1S/C12H23N3O2S/c1-11(6-7-13)14(2)9-12-5-4-8-15(10-12)18(3,16)17/h11-12H,4-6,8-10H2,1-3H3. The van der Waals surface area contributed by atoms with Crippen molar-refractivity contribution in [2.45, 2.75) is 32.2 Å². The fourth-order valence-electron chi connectivity index (χ4n) is 2.35. The number of piperidine rings is 1. The van der Waals surface area contributed by atoms with Crippen molar-refractivity contribution in [3.8, 4) is 6.07 Å². The van der Waals surface area contributed by atoms with E-state index in [0.29, 0.717) is 25.4 Å². The minimum Gasteiger partial charge on any atom is -0.302 e. The van der Waals surface area contributed by atoms with Gasteiger partial charge in [0, 0.05) is 25.7 Å². The summed E-state index contributed by atoms with van der Waals surface area (Å²) in [5.41, 5.74) is 0. The molecule has 0 aromatic carbocycles. The van der Waals surface area contributed by atoms with Crippen LogP contribution in [0.15, 0.2) is 0 Å². The van der Waals surface area contributed by atoms with Crippen LogP contribution in [-0.2, 0) is 10.0 Å². The van der Waals surface area contributed by atoms with Crippen LogP contribution in [-0.4, -0.2) is 56.6 Å². The molecule has 6 heteroatoms. The molecule has 0 spiro atoms. The molecule has 0 aromatic rings. The molecule has 0 bridgehead atoms. The summed E-state index contributed by atoms with van der Waals surface area (Å²) in [5, 5.41) is 8.68. The Kier molecular flexibility index (Phi) is 5.57. The normalized spacial score (nSPS) is 23.8. The first-order chi connectivity index (χ1) is 8.34. The largest absolute Gasteiger partial charge is 0.302 e. The van der Waals surface area contributed by atoms with Crippen LogP contribution in [0.4, 0.5) is 0 Å². The minimum atomic E-state index is -3.06. The summed E-state index contributed by atoms with van der Waals surface area (Å²) >= 11 is 0. The molecule has 0 saturated carbocycles. The second-order valence-corrected chi connectivity index (χ2v) is 7.26. The monoisotopic (exact) mass is 273 g/mol. The third-order valence-electron chi connectivity index (χ3n) is 3.64. The number of hydrogen-bond acceptors (Lipinski definition) is 4. The van der Waals surface area contributed by atoms with Crippen LogP contribution in [0.2, 0.25) is 0 Å². The van der Waals surface area contributed by atoms with E-state index in [0.717, 1.165) is 19.4 Å². The Morgan fingerprint density at radius 1 is 1.56 bits per heavy atom. The Labute approximate surface area is 110 Å². The molecular formula is C12H23N3O2S. The predicted molar refractivity (Wildman–Crippen MR) is 71.5 cm³/mol. The van der Waals surface area contributed by atoms with E-state index in [-0.39, 0.29) is 6.04 Å². The summed E-state index contributed by atoms with van der Waals surface area (Å²) in [6, 6.07) is 2.40. The maximum Gasteiger partial charge on any atom is 0.211 e. The Balaban J connectivity index is 2.51. The Hall–Kier alpha value is -0.640. The lowest BCUT2D eigenvalue weighted by atomic mass is 9.98. The SMILES string of the molecule is CC(CC#N)N(C)CC1CCCN(S(C)(=O)=O)C1. The van der Waals surface area contributed by atoms with Crippen molar-refractivity contribution in [2.24, 2.45) is 5.92 Å². The summed E-state index contributed by atoms with van der Waals surface area (Å²) < 4.78 is 24.6. The number of hydrogen-bond donors (Lipinski definition) is 0. The molecule has 1 aliphatic heterocycles. The molecule has 104 valence electrons. The van der Waals surface area contributed by atoms with Gasteiger partial charge in [0.25, 0.3) is 0 Å². The van der Waals surface area contributed by atoms with E-state index in [4.69, 9.17) is 5.26 Å². The van der Waals surface area contributed by atoms with E-state index in [1.807, 2.05) is 14.0 Å². The Morgan fingerprint density at radius 2 is 2.22 bits per heavy atom. The second kappa shape index (κ2) is 6.50. The highest BCUT2D eigenvalue weighted by atomic mass is 32.2. The van der Waals surface area contributed by atoms with E-state index in [9.17, 15) is 8.42 Å². The lowest BCUT2D eigenvalue weighted by Crippen LogP contribution is -2.44. The highest BCUT2D eigenvalue weighted by molar-refractivity contribution is 7.88. The third-order valence-corrected chi connectivity index (χ3v) is 4.91. The fourth-order valence-corrected chi connectivity index (χ4v) is 3.29. The third kappa shape index (κ3) is 4.56. The molecular weight excluding hydrogens is 250 g/mol. The summed E-state index contributed by atoms with van der Waals surface area (Å²) in [7, 11) is -1.06. The van der Waals surface area contributed by atoms with Gasteiger partial charge >= 0.3 is 0 Å². The average Bonchev–Trinajstić information content (AvgIpc) is 2.28. The highest BCUT2D eigenvalue weighted by Crippen LogP contribution is 2.20. The number of sulfonamides is 1. The maximum atomic E-state index is 11.5. The number of rotatable bonds is 5. The van der Waals surface area contributed by atoms with Crippen molar-refractivity contribution in [3.05, 3.63) is 0 Å². The zero-order valence-electron chi connectivity index (χ0n) is 11.5.